The zero-order chi connectivity index (χ0) is 24.8. The van der Waals surface area contributed by atoms with Crippen molar-refractivity contribution < 1.29 is 0 Å². The van der Waals surface area contributed by atoms with Gasteiger partial charge in [-0.25, -0.2) is 0 Å². The van der Waals surface area contributed by atoms with Gasteiger partial charge >= 0.3 is 0 Å². The molecule has 0 radical (unpaired) electrons. The van der Waals surface area contributed by atoms with E-state index in [2.05, 4.69) is 165 Å². The first-order valence-electron chi connectivity index (χ1n) is 12.4. The predicted molar refractivity (Wildman–Crippen MR) is 161 cm³/mol. The molecule has 6 aromatic carbocycles. The van der Waals surface area contributed by atoms with E-state index in [1.807, 2.05) is 0 Å². The minimum absolute atomic E-state index is 1.03. The molecule has 0 saturated carbocycles. The molecule has 37 heavy (non-hydrogen) atoms. The van der Waals surface area contributed by atoms with Gasteiger partial charge in [0, 0.05) is 38.0 Å². The van der Waals surface area contributed by atoms with Crippen LogP contribution in [0.3, 0.4) is 0 Å². The highest BCUT2D eigenvalue weighted by Gasteiger charge is 2.17. The Morgan fingerprint density at radius 2 is 1.08 bits per heavy atom. The second kappa shape index (κ2) is 8.95. The number of rotatable bonds is 4. The summed E-state index contributed by atoms with van der Waals surface area (Å²) in [6.07, 6.45) is 0. The van der Waals surface area contributed by atoms with Crippen molar-refractivity contribution in [2.24, 2.45) is 0 Å². The van der Waals surface area contributed by atoms with E-state index in [-0.39, 0.29) is 0 Å². The lowest BCUT2D eigenvalue weighted by Gasteiger charge is -2.27. The molecule has 0 aliphatic carbocycles. The van der Waals surface area contributed by atoms with Crippen molar-refractivity contribution in [1.82, 2.24) is 4.57 Å². The van der Waals surface area contributed by atoms with Crippen LogP contribution in [0, 0.1) is 0 Å². The average molecular weight is 539 g/mol. The van der Waals surface area contributed by atoms with E-state index in [1.165, 1.54) is 32.6 Å². The van der Waals surface area contributed by atoms with Crippen LogP contribution in [-0.2, 0) is 0 Å². The summed E-state index contributed by atoms with van der Waals surface area (Å²) in [5.74, 6) is 0. The minimum Gasteiger partial charge on any atom is -0.310 e. The third-order valence-corrected chi connectivity index (χ3v) is 7.43. The third-order valence-electron chi connectivity index (χ3n) is 6.97. The molecule has 0 fully saturated rings. The van der Waals surface area contributed by atoms with E-state index >= 15 is 0 Å². The topological polar surface area (TPSA) is 8.17 Å². The maximum absolute atomic E-state index is 3.84. The first-order valence-corrected chi connectivity index (χ1v) is 13.2. The van der Waals surface area contributed by atoms with E-state index in [4.69, 9.17) is 0 Å². The van der Waals surface area contributed by atoms with Crippen LogP contribution in [0.5, 0.6) is 0 Å². The maximum atomic E-state index is 3.84. The van der Waals surface area contributed by atoms with Crippen molar-refractivity contribution in [3.63, 3.8) is 0 Å². The fourth-order valence-corrected chi connectivity index (χ4v) is 5.83. The Morgan fingerprint density at radius 3 is 1.81 bits per heavy atom. The van der Waals surface area contributed by atoms with Gasteiger partial charge in [0.2, 0.25) is 0 Å². The minimum atomic E-state index is 1.03. The quantitative estimate of drug-likeness (QED) is 0.216. The van der Waals surface area contributed by atoms with Crippen LogP contribution in [0.15, 0.2) is 144 Å². The van der Waals surface area contributed by atoms with Crippen LogP contribution < -0.4 is 4.90 Å². The molecular weight excluding hydrogens is 516 g/mol. The Bertz CT molecular complexity index is 1850. The first-order chi connectivity index (χ1) is 18.3. The molecule has 1 heterocycles. The molecule has 0 spiro atoms. The molecule has 7 rings (SSSR count). The zero-order valence-electron chi connectivity index (χ0n) is 20.1. The number of nitrogens with zero attached hydrogens (tertiary/aromatic N) is 2. The van der Waals surface area contributed by atoms with Gasteiger partial charge in [-0.3, -0.25) is 0 Å². The highest BCUT2D eigenvalue weighted by atomic mass is 79.9. The number of aromatic nitrogens is 1. The molecule has 176 valence electrons. The van der Waals surface area contributed by atoms with Crippen molar-refractivity contribution in [1.29, 1.82) is 0 Å². The molecule has 0 N–H and O–H groups in total. The van der Waals surface area contributed by atoms with Crippen LogP contribution in [0.2, 0.25) is 0 Å². The molecule has 3 heteroatoms. The molecular formula is C34H23BrN2. The largest absolute Gasteiger partial charge is 0.310 e. The van der Waals surface area contributed by atoms with Gasteiger partial charge in [0.05, 0.1) is 11.0 Å². The van der Waals surface area contributed by atoms with Crippen LogP contribution in [0.4, 0.5) is 17.1 Å². The number of fused-ring (bicyclic) bond motifs is 4. The lowest BCUT2D eigenvalue weighted by Crippen LogP contribution is -2.10. The van der Waals surface area contributed by atoms with Crippen molar-refractivity contribution >= 4 is 65.6 Å². The Balaban J connectivity index is 1.48. The average Bonchev–Trinajstić information content (AvgIpc) is 3.28. The summed E-state index contributed by atoms with van der Waals surface area (Å²) in [6, 6.07) is 49.7. The zero-order valence-corrected chi connectivity index (χ0v) is 21.6. The molecule has 2 nitrogen and oxygen atoms in total. The van der Waals surface area contributed by atoms with Gasteiger partial charge in [0.15, 0.2) is 0 Å². The van der Waals surface area contributed by atoms with Gasteiger partial charge in [-0.05, 0) is 65.4 Å². The summed E-state index contributed by atoms with van der Waals surface area (Å²) >= 11 is 3.84. The highest BCUT2D eigenvalue weighted by molar-refractivity contribution is 9.10. The van der Waals surface area contributed by atoms with Crippen molar-refractivity contribution in [3.05, 3.63) is 144 Å². The molecule has 0 atom stereocenters. The Labute approximate surface area is 224 Å². The summed E-state index contributed by atoms with van der Waals surface area (Å²) in [5, 5.41) is 4.97. The van der Waals surface area contributed by atoms with E-state index in [9.17, 15) is 0 Å². The second-order valence-electron chi connectivity index (χ2n) is 9.24. The van der Waals surface area contributed by atoms with E-state index in [0.717, 1.165) is 27.2 Å². The molecule has 0 aliphatic heterocycles. The summed E-state index contributed by atoms with van der Waals surface area (Å²) < 4.78 is 3.39. The Hall–Kier alpha value is -4.34. The third kappa shape index (κ3) is 3.80. The van der Waals surface area contributed by atoms with Crippen molar-refractivity contribution in [2.75, 3.05) is 4.90 Å². The van der Waals surface area contributed by atoms with Crippen LogP contribution in [0.1, 0.15) is 0 Å². The van der Waals surface area contributed by atoms with Gasteiger partial charge in [-0.15, -0.1) is 0 Å². The van der Waals surface area contributed by atoms with Crippen LogP contribution in [0.25, 0.3) is 38.3 Å². The van der Waals surface area contributed by atoms with Gasteiger partial charge < -0.3 is 9.47 Å². The van der Waals surface area contributed by atoms with Gasteiger partial charge in [-0.1, -0.05) is 101 Å². The maximum Gasteiger partial charge on any atom is 0.0541 e. The summed E-state index contributed by atoms with van der Waals surface area (Å²) in [6.45, 7) is 0. The fraction of sp³-hybridized carbons (Fsp3) is 0. The van der Waals surface area contributed by atoms with Gasteiger partial charge in [-0.2, -0.15) is 0 Å². The fourth-order valence-electron chi connectivity index (χ4n) is 5.36. The monoisotopic (exact) mass is 538 g/mol. The lowest BCUT2D eigenvalue weighted by molar-refractivity contribution is 1.17. The lowest BCUT2D eigenvalue weighted by atomic mass is 10.1. The number of halogens is 1. The van der Waals surface area contributed by atoms with E-state index in [0.29, 0.717) is 0 Å². The molecule has 0 aliphatic rings. The molecule has 0 unspecified atom stereocenters. The standard InChI is InChI=1S/C34H23BrN2/c35-26-21-29(23-30(22-26)37-33-16-8-6-14-31(33)32-15-7-9-17-34(32)37)36(27-12-2-1-3-13-27)28-19-18-24-10-4-5-11-25(24)20-28/h1-23H. The molecule has 0 amide bonds. The summed E-state index contributed by atoms with van der Waals surface area (Å²) in [4.78, 5) is 2.33. The number of hydrogen-bond donors (Lipinski definition) is 0. The molecule has 7 aromatic rings. The first kappa shape index (κ1) is 21.9. The van der Waals surface area contributed by atoms with E-state index in [1.54, 1.807) is 0 Å². The number of benzene rings is 6. The molecule has 1 aromatic heterocycles. The van der Waals surface area contributed by atoms with Gasteiger partial charge in [0.25, 0.3) is 0 Å². The van der Waals surface area contributed by atoms with Crippen LogP contribution >= 0.6 is 15.9 Å². The Morgan fingerprint density at radius 1 is 0.459 bits per heavy atom. The number of hydrogen-bond acceptors (Lipinski definition) is 1. The molecule has 0 bridgehead atoms. The summed E-state index contributed by atoms with van der Waals surface area (Å²) in [7, 11) is 0. The second-order valence-corrected chi connectivity index (χ2v) is 10.2. The van der Waals surface area contributed by atoms with Gasteiger partial charge in [0.1, 0.15) is 0 Å². The SMILES string of the molecule is Brc1cc(N(c2ccccc2)c2ccc3ccccc3c2)cc(-n2c3ccccc3c3ccccc32)c1. The van der Waals surface area contributed by atoms with E-state index < -0.39 is 0 Å². The smallest absolute Gasteiger partial charge is 0.0541 e. The van der Waals surface area contributed by atoms with Crippen LogP contribution in [-0.4, -0.2) is 4.57 Å². The van der Waals surface area contributed by atoms with Crippen molar-refractivity contribution in [2.45, 2.75) is 0 Å². The number of anilines is 3. The normalized spacial score (nSPS) is 11.4. The highest BCUT2D eigenvalue weighted by Crippen LogP contribution is 2.40. The Kier molecular flexibility index (Phi) is 5.30. The van der Waals surface area contributed by atoms with Crippen molar-refractivity contribution in [3.8, 4) is 5.69 Å². The number of para-hydroxylation sites is 3. The summed E-state index contributed by atoms with van der Waals surface area (Å²) in [5.41, 5.74) is 6.84. The molecule has 0 saturated heterocycles. The predicted octanol–water partition coefficient (Wildman–Crippen LogP) is 10.2.